The Morgan fingerprint density at radius 3 is 2.00 bits per heavy atom. The van der Waals surface area contributed by atoms with Gasteiger partial charge in [0.25, 0.3) is 0 Å². The first kappa shape index (κ1) is 14.8. The van der Waals surface area contributed by atoms with Gasteiger partial charge in [-0.1, -0.05) is 33.1 Å². The fourth-order valence-electron chi connectivity index (χ4n) is 1.60. The number of rotatable bonds is 5. The van der Waals surface area contributed by atoms with Crippen molar-refractivity contribution >= 4 is 12.4 Å². The summed E-state index contributed by atoms with van der Waals surface area (Å²) in [5.41, 5.74) is 5.97. The van der Waals surface area contributed by atoms with Gasteiger partial charge in [-0.25, -0.2) is 0 Å². The van der Waals surface area contributed by atoms with Gasteiger partial charge >= 0.3 is 0 Å². The molecule has 1 nitrogen and oxygen atoms in total. The van der Waals surface area contributed by atoms with Crippen molar-refractivity contribution < 1.29 is 0 Å². The minimum Gasteiger partial charge on any atom is -0.326 e. The van der Waals surface area contributed by atoms with Gasteiger partial charge in [-0.3, -0.25) is 0 Å². The summed E-state index contributed by atoms with van der Waals surface area (Å²) < 4.78 is 0. The van der Waals surface area contributed by atoms with E-state index in [1.165, 1.54) is 19.3 Å². The van der Waals surface area contributed by atoms with Crippen LogP contribution in [-0.2, 0) is 0 Å². The van der Waals surface area contributed by atoms with Crippen LogP contribution in [0.25, 0.3) is 0 Å². The molecule has 2 N–H and O–H groups in total. The van der Waals surface area contributed by atoms with Crippen molar-refractivity contribution in [3.8, 4) is 0 Å². The van der Waals surface area contributed by atoms with Crippen molar-refractivity contribution in [3.63, 3.8) is 0 Å². The summed E-state index contributed by atoms with van der Waals surface area (Å²) >= 11 is 0. The average Bonchev–Trinajstić information content (AvgIpc) is 1.84. The van der Waals surface area contributed by atoms with E-state index < -0.39 is 0 Å². The number of halogens is 1. The van der Waals surface area contributed by atoms with Crippen LogP contribution in [0.3, 0.4) is 0 Å². The van der Waals surface area contributed by atoms with Gasteiger partial charge in [0.15, 0.2) is 0 Å². The third-order valence-corrected chi connectivity index (χ3v) is 2.09. The minimum absolute atomic E-state index is 0. The van der Waals surface area contributed by atoms with E-state index in [0.29, 0.717) is 0 Å². The van der Waals surface area contributed by atoms with Gasteiger partial charge in [-0.05, 0) is 26.2 Å². The molecule has 0 aliphatic rings. The third-order valence-electron chi connectivity index (χ3n) is 2.09. The van der Waals surface area contributed by atoms with Gasteiger partial charge in [-0.2, -0.15) is 0 Å². The molecule has 0 aliphatic heterocycles. The number of hydrogen-bond acceptors (Lipinski definition) is 1. The summed E-state index contributed by atoms with van der Waals surface area (Å²) in [4.78, 5) is 0. The van der Waals surface area contributed by atoms with Crippen molar-refractivity contribution in [2.75, 3.05) is 0 Å². The van der Waals surface area contributed by atoms with Gasteiger partial charge in [0.1, 0.15) is 0 Å². The largest absolute Gasteiger partial charge is 0.326 e. The maximum atomic E-state index is 5.94. The Morgan fingerprint density at radius 1 is 1.25 bits per heavy atom. The maximum absolute atomic E-state index is 5.94. The second-order valence-electron chi connectivity index (χ2n) is 4.26. The predicted octanol–water partition coefficient (Wildman–Crippen LogP) is 3.36. The number of nitrogens with two attached hydrogens (primary N) is 1. The second kappa shape index (κ2) is 6.73. The van der Waals surface area contributed by atoms with Crippen LogP contribution in [0, 0.1) is 5.92 Å². The Bertz CT molecular complexity index is 96.5. The molecule has 2 heteroatoms. The molecule has 0 saturated heterocycles. The summed E-state index contributed by atoms with van der Waals surface area (Å²) in [7, 11) is 0. The molecule has 12 heavy (non-hydrogen) atoms. The molecule has 0 heterocycles. The van der Waals surface area contributed by atoms with Gasteiger partial charge in [0, 0.05) is 5.54 Å². The molecule has 1 unspecified atom stereocenters. The van der Waals surface area contributed by atoms with E-state index in [1.807, 2.05) is 0 Å². The molecular weight excluding hydrogens is 170 g/mol. The molecule has 1 atom stereocenters. The molecular formula is C10H24ClN. The fraction of sp³-hybridized carbons (Fsp3) is 1.00. The normalized spacial score (nSPS) is 13.8. The lowest BCUT2D eigenvalue weighted by Crippen LogP contribution is -2.34. The summed E-state index contributed by atoms with van der Waals surface area (Å²) in [5.74, 6) is 0.833. The Kier molecular flexibility index (Phi) is 8.28. The monoisotopic (exact) mass is 193 g/mol. The van der Waals surface area contributed by atoms with Crippen molar-refractivity contribution in [2.45, 2.75) is 58.9 Å². The lowest BCUT2D eigenvalue weighted by molar-refractivity contribution is 0.333. The van der Waals surface area contributed by atoms with Crippen molar-refractivity contribution in [3.05, 3.63) is 0 Å². The summed E-state index contributed by atoms with van der Waals surface area (Å²) in [5, 5.41) is 0. The van der Waals surface area contributed by atoms with Crippen LogP contribution in [0.5, 0.6) is 0 Å². The highest BCUT2D eigenvalue weighted by molar-refractivity contribution is 5.85. The summed E-state index contributed by atoms with van der Waals surface area (Å²) in [6, 6.07) is 0. The lowest BCUT2D eigenvalue weighted by Gasteiger charge is -2.24. The van der Waals surface area contributed by atoms with Gasteiger partial charge in [0.05, 0.1) is 0 Å². The first-order valence-electron chi connectivity index (χ1n) is 4.78. The zero-order chi connectivity index (χ0) is 8.91. The average molecular weight is 194 g/mol. The smallest absolute Gasteiger partial charge is 0.00996 e. The lowest BCUT2D eigenvalue weighted by atomic mass is 9.87. The molecule has 0 rings (SSSR count). The summed E-state index contributed by atoms with van der Waals surface area (Å²) in [6.45, 7) is 8.73. The molecule has 0 saturated carbocycles. The zero-order valence-electron chi connectivity index (χ0n) is 8.89. The molecule has 0 aromatic carbocycles. The SMILES string of the molecule is CCCC(CC)CC(C)(C)N.Cl. The van der Waals surface area contributed by atoms with Gasteiger partial charge in [0.2, 0.25) is 0 Å². The Hall–Kier alpha value is 0.250. The fourth-order valence-corrected chi connectivity index (χ4v) is 1.60. The van der Waals surface area contributed by atoms with Crippen molar-refractivity contribution in [1.82, 2.24) is 0 Å². The third kappa shape index (κ3) is 8.35. The predicted molar refractivity (Wildman–Crippen MR) is 58.8 cm³/mol. The molecule has 0 aromatic rings. The van der Waals surface area contributed by atoms with Gasteiger partial charge < -0.3 is 5.73 Å². The minimum atomic E-state index is 0. The van der Waals surface area contributed by atoms with E-state index in [1.54, 1.807) is 0 Å². The Morgan fingerprint density at radius 2 is 1.75 bits per heavy atom. The quantitative estimate of drug-likeness (QED) is 0.712. The molecule has 0 radical (unpaired) electrons. The summed E-state index contributed by atoms with van der Waals surface area (Å²) in [6.07, 6.45) is 5.05. The molecule has 76 valence electrons. The highest BCUT2D eigenvalue weighted by Crippen LogP contribution is 2.21. The van der Waals surface area contributed by atoms with Crippen molar-refractivity contribution in [2.24, 2.45) is 11.7 Å². The van der Waals surface area contributed by atoms with Crippen LogP contribution in [0.2, 0.25) is 0 Å². The first-order chi connectivity index (χ1) is 4.99. The van der Waals surface area contributed by atoms with Crippen LogP contribution < -0.4 is 5.73 Å². The molecule has 0 fully saturated rings. The first-order valence-corrected chi connectivity index (χ1v) is 4.78. The molecule has 0 aliphatic carbocycles. The van der Waals surface area contributed by atoms with E-state index in [0.717, 1.165) is 12.3 Å². The molecule has 0 bridgehead atoms. The van der Waals surface area contributed by atoms with Crippen LogP contribution >= 0.6 is 12.4 Å². The van der Waals surface area contributed by atoms with Crippen LogP contribution in [-0.4, -0.2) is 5.54 Å². The van der Waals surface area contributed by atoms with Crippen LogP contribution in [0.4, 0.5) is 0 Å². The Labute approximate surface area is 83.5 Å². The topological polar surface area (TPSA) is 26.0 Å². The molecule has 0 aromatic heterocycles. The highest BCUT2D eigenvalue weighted by Gasteiger charge is 2.16. The maximum Gasteiger partial charge on any atom is 0.00996 e. The van der Waals surface area contributed by atoms with E-state index in [9.17, 15) is 0 Å². The van der Waals surface area contributed by atoms with E-state index >= 15 is 0 Å². The number of hydrogen-bond donors (Lipinski definition) is 1. The second-order valence-corrected chi connectivity index (χ2v) is 4.26. The zero-order valence-corrected chi connectivity index (χ0v) is 9.71. The highest BCUT2D eigenvalue weighted by atomic mass is 35.5. The molecule has 0 spiro atoms. The molecule has 0 amide bonds. The van der Waals surface area contributed by atoms with E-state index in [4.69, 9.17) is 5.73 Å². The van der Waals surface area contributed by atoms with Crippen LogP contribution in [0.15, 0.2) is 0 Å². The Balaban J connectivity index is 0. The van der Waals surface area contributed by atoms with Crippen LogP contribution in [0.1, 0.15) is 53.4 Å². The van der Waals surface area contributed by atoms with E-state index in [2.05, 4.69) is 27.7 Å². The van der Waals surface area contributed by atoms with Gasteiger partial charge in [-0.15, -0.1) is 12.4 Å². The van der Waals surface area contributed by atoms with Crippen molar-refractivity contribution in [1.29, 1.82) is 0 Å². The standard InChI is InChI=1S/C10H23N.ClH/c1-5-7-9(6-2)8-10(3,4)11;/h9H,5-8,11H2,1-4H3;1H. The van der Waals surface area contributed by atoms with E-state index in [-0.39, 0.29) is 17.9 Å².